The van der Waals surface area contributed by atoms with Gasteiger partial charge in [-0.15, -0.1) is 0 Å². The van der Waals surface area contributed by atoms with Crippen molar-refractivity contribution in [3.05, 3.63) is 74.5 Å². The monoisotopic (exact) mass is 556 g/mol. The first kappa shape index (κ1) is 27.5. The fourth-order valence-electron chi connectivity index (χ4n) is 7.11. The second-order valence-electron chi connectivity index (χ2n) is 12.4. The highest BCUT2D eigenvalue weighted by Gasteiger charge is 2.49. The average molecular weight is 557 g/mol. The normalized spacial score (nSPS) is 23.7. The summed E-state index contributed by atoms with van der Waals surface area (Å²) in [5.41, 5.74) is 6.53. The lowest BCUT2D eigenvalue weighted by molar-refractivity contribution is -0.123. The number of nitrogens with zero attached hydrogens (tertiary/aromatic N) is 3. The average Bonchev–Trinajstić information content (AvgIpc) is 3.31. The molecule has 2 aromatic heterocycles. The molecule has 3 aromatic rings. The van der Waals surface area contributed by atoms with Crippen LogP contribution in [0.2, 0.25) is 0 Å². The number of H-pyrrole nitrogens is 1. The Morgan fingerprint density at radius 3 is 2.37 bits per heavy atom. The summed E-state index contributed by atoms with van der Waals surface area (Å²) in [5.74, 6) is 0.760. The van der Waals surface area contributed by atoms with E-state index in [4.69, 9.17) is 9.47 Å². The molecule has 8 heteroatoms. The number of nitrogens with one attached hydrogen (secondary N) is 1. The number of aromatic amines is 1. The molecule has 8 nitrogen and oxygen atoms in total. The van der Waals surface area contributed by atoms with Crippen LogP contribution in [0, 0.1) is 26.7 Å². The van der Waals surface area contributed by atoms with Crippen LogP contribution in [0.5, 0.6) is 11.5 Å². The maximum Gasteiger partial charge on any atom is 0.254 e. The molecule has 0 spiro atoms. The standard InChI is InChI=1S/C33H40N4O4/c1-19-17-20(2)35-31(38)26(19)18-37-16-13-25-27(32(37)39)21(3)29-30(28(25)22-11-14-34-15-12-22)41-33(4,40-29)23-7-9-24(10-8-23)36(5)6/h11-12,14-15,17,23-24H,7-10,13,16,18H2,1-6H3,(H,35,38)/t23-,24-,33?. The van der Waals surface area contributed by atoms with E-state index in [2.05, 4.69) is 35.9 Å². The number of benzene rings is 1. The SMILES string of the molecule is Cc1cc(C)c(CN2CCc3c(c(C)c4c(c3-c3ccncc3)OC(C)([C@H]3CC[C@H](N(C)C)CC3)O4)C2=O)c(=O)[nH]1. The molecule has 4 heterocycles. The molecule has 2 aliphatic heterocycles. The lowest BCUT2D eigenvalue weighted by atomic mass is 9.81. The fraction of sp³-hybridized carbons (Fsp3) is 0.485. The van der Waals surface area contributed by atoms with Gasteiger partial charge in [-0.3, -0.25) is 14.6 Å². The molecule has 41 heavy (non-hydrogen) atoms. The second kappa shape index (κ2) is 10.3. The van der Waals surface area contributed by atoms with E-state index in [-0.39, 0.29) is 23.9 Å². The van der Waals surface area contributed by atoms with Crippen LogP contribution in [0.1, 0.15) is 70.9 Å². The molecule has 1 N–H and O–H groups in total. The number of pyridine rings is 2. The van der Waals surface area contributed by atoms with Crippen LogP contribution in [-0.2, 0) is 13.0 Å². The van der Waals surface area contributed by atoms with E-state index >= 15 is 0 Å². The number of carbonyl (C=O) groups excluding carboxylic acids is 1. The molecule has 1 saturated carbocycles. The van der Waals surface area contributed by atoms with Crippen LogP contribution in [0.3, 0.4) is 0 Å². The number of hydrogen-bond donors (Lipinski definition) is 1. The van der Waals surface area contributed by atoms with Crippen LogP contribution in [0.25, 0.3) is 11.1 Å². The summed E-state index contributed by atoms with van der Waals surface area (Å²) in [7, 11) is 4.30. The van der Waals surface area contributed by atoms with Gasteiger partial charge in [0.25, 0.3) is 17.3 Å². The predicted molar refractivity (Wildman–Crippen MR) is 158 cm³/mol. The molecule has 1 aliphatic carbocycles. The highest BCUT2D eigenvalue weighted by Crippen LogP contribution is 2.55. The molecule has 0 saturated heterocycles. The van der Waals surface area contributed by atoms with Gasteiger partial charge in [0.1, 0.15) is 0 Å². The molecule has 0 bridgehead atoms. The van der Waals surface area contributed by atoms with Gasteiger partial charge in [-0.05, 0) is 102 Å². The number of fused-ring (bicyclic) bond motifs is 2. The Bertz CT molecular complexity index is 1560. The van der Waals surface area contributed by atoms with Gasteiger partial charge in [-0.25, -0.2) is 0 Å². The highest BCUT2D eigenvalue weighted by molar-refractivity contribution is 6.02. The molecule has 1 fully saturated rings. The van der Waals surface area contributed by atoms with Crippen molar-refractivity contribution in [2.24, 2.45) is 5.92 Å². The molecule has 1 aromatic carbocycles. The third-order valence-electron chi connectivity index (χ3n) is 9.48. The summed E-state index contributed by atoms with van der Waals surface area (Å²) in [6, 6.07) is 6.47. The lowest BCUT2D eigenvalue weighted by Gasteiger charge is -2.39. The van der Waals surface area contributed by atoms with Crippen LogP contribution < -0.4 is 15.0 Å². The second-order valence-corrected chi connectivity index (χ2v) is 12.4. The zero-order chi connectivity index (χ0) is 29.1. The van der Waals surface area contributed by atoms with Gasteiger partial charge >= 0.3 is 0 Å². The molecule has 1 amide bonds. The Labute approximate surface area is 241 Å². The van der Waals surface area contributed by atoms with Crippen molar-refractivity contribution < 1.29 is 14.3 Å². The van der Waals surface area contributed by atoms with Crippen molar-refractivity contribution in [2.45, 2.75) is 78.2 Å². The minimum atomic E-state index is -0.800. The predicted octanol–water partition coefficient (Wildman–Crippen LogP) is 5.17. The van der Waals surface area contributed by atoms with Crippen molar-refractivity contribution in [3.63, 3.8) is 0 Å². The first-order valence-electron chi connectivity index (χ1n) is 14.7. The van der Waals surface area contributed by atoms with E-state index in [1.54, 1.807) is 17.3 Å². The minimum Gasteiger partial charge on any atom is -0.448 e. The van der Waals surface area contributed by atoms with Crippen LogP contribution >= 0.6 is 0 Å². The smallest absolute Gasteiger partial charge is 0.254 e. The minimum absolute atomic E-state index is 0.0788. The third kappa shape index (κ3) is 4.72. The van der Waals surface area contributed by atoms with Crippen molar-refractivity contribution in [1.29, 1.82) is 0 Å². The van der Waals surface area contributed by atoms with E-state index < -0.39 is 5.79 Å². The summed E-state index contributed by atoms with van der Waals surface area (Å²) in [5, 5.41) is 0. The molecule has 1 atom stereocenters. The van der Waals surface area contributed by atoms with E-state index in [1.165, 1.54) is 0 Å². The first-order valence-corrected chi connectivity index (χ1v) is 14.7. The Morgan fingerprint density at radius 2 is 1.71 bits per heavy atom. The van der Waals surface area contributed by atoms with Crippen molar-refractivity contribution >= 4 is 5.91 Å². The van der Waals surface area contributed by atoms with E-state index in [9.17, 15) is 9.59 Å². The Hall–Kier alpha value is -3.65. The highest BCUT2D eigenvalue weighted by atomic mass is 16.7. The number of rotatable bonds is 5. The molecule has 0 radical (unpaired) electrons. The number of carbonyl (C=O) groups is 1. The van der Waals surface area contributed by atoms with Gasteiger partial charge in [0.05, 0.1) is 12.1 Å². The molecule has 216 valence electrons. The summed E-state index contributed by atoms with van der Waals surface area (Å²) in [6.07, 6.45) is 8.46. The zero-order valence-electron chi connectivity index (χ0n) is 25.0. The number of ether oxygens (including phenoxy) is 2. The first-order chi connectivity index (χ1) is 19.6. The summed E-state index contributed by atoms with van der Waals surface area (Å²) >= 11 is 0. The quantitative estimate of drug-likeness (QED) is 0.467. The van der Waals surface area contributed by atoms with E-state index in [0.717, 1.165) is 64.9 Å². The number of aryl methyl sites for hydroxylation is 2. The zero-order valence-corrected chi connectivity index (χ0v) is 25.0. The fourth-order valence-corrected chi connectivity index (χ4v) is 7.11. The molecular weight excluding hydrogens is 516 g/mol. The number of aromatic nitrogens is 2. The number of amides is 1. The van der Waals surface area contributed by atoms with Gasteiger partial charge in [-0.2, -0.15) is 0 Å². The molecular formula is C33H40N4O4. The number of hydrogen-bond acceptors (Lipinski definition) is 6. The van der Waals surface area contributed by atoms with E-state index in [1.807, 2.05) is 39.0 Å². The lowest BCUT2D eigenvalue weighted by Crippen LogP contribution is -2.46. The van der Waals surface area contributed by atoms with Crippen molar-refractivity contribution in [2.75, 3.05) is 20.6 Å². The van der Waals surface area contributed by atoms with Gasteiger partial charge in [0.15, 0.2) is 11.5 Å². The van der Waals surface area contributed by atoms with Gasteiger partial charge < -0.3 is 24.3 Å². The maximum absolute atomic E-state index is 14.2. The van der Waals surface area contributed by atoms with E-state index in [0.29, 0.717) is 35.9 Å². The third-order valence-corrected chi connectivity index (χ3v) is 9.48. The van der Waals surface area contributed by atoms with Crippen molar-refractivity contribution in [1.82, 2.24) is 19.8 Å². The topological polar surface area (TPSA) is 87.8 Å². The Balaban J connectivity index is 1.40. The summed E-state index contributed by atoms with van der Waals surface area (Å²) < 4.78 is 13.6. The Morgan fingerprint density at radius 1 is 1.02 bits per heavy atom. The summed E-state index contributed by atoms with van der Waals surface area (Å²) in [4.78, 5) is 38.2. The van der Waals surface area contributed by atoms with Crippen LogP contribution in [-0.4, -0.2) is 58.1 Å². The van der Waals surface area contributed by atoms with Gasteiger partial charge in [0, 0.05) is 60.2 Å². The van der Waals surface area contributed by atoms with Crippen molar-refractivity contribution in [3.8, 4) is 22.6 Å². The molecule has 1 unspecified atom stereocenters. The van der Waals surface area contributed by atoms with Crippen LogP contribution in [0.15, 0.2) is 35.4 Å². The Kier molecular flexibility index (Phi) is 6.92. The maximum atomic E-state index is 14.2. The largest absolute Gasteiger partial charge is 0.448 e. The van der Waals surface area contributed by atoms with Gasteiger partial charge in [0.2, 0.25) is 0 Å². The molecule has 6 rings (SSSR count). The summed E-state index contributed by atoms with van der Waals surface area (Å²) in [6.45, 7) is 8.61. The van der Waals surface area contributed by atoms with Crippen LogP contribution in [0.4, 0.5) is 0 Å². The molecule has 3 aliphatic rings. The van der Waals surface area contributed by atoms with Gasteiger partial charge in [-0.1, -0.05) is 0 Å².